The van der Waals surface area contributed by atoms with Crippen LogP contribution in [0.1, 0.15) is 40.0 Å². The average molecular weight is 293 g/mol. The number of hydrogen-bond donors (Lipinski definition) is 0. The third-order valence-electron chi connectivity index (χ3n) is 2.67. The molecule has 19 heavy (non-hydrogen) atoms. The molecule has 5 heteroatoms. The zero-order valence-electron chi connectivity index (χ0n) is 13.8. The molecule has 0 aromatic carbocycles. The van der Waals surface area contributed by atoms with Gasteiger partial charge in [0.25, 0.3) is 0 Å². The second-order valence-electron chi connectivity index (χ2n) is 5.99. The van der Waals surface area contributed by atoms with Crippen molar-refractivity contribution in [1.82, 2.24) is 0 Å². The highest BCUT2D eigenvalue weighted by Crippen LogP contribution is 2.18. The summed E-state index contributed by atoms with van der Waals surface area (Å²) in [5.41, 5.74) is 0. The highest BCUT2D eigenvalue weighted by Gasteiger charge is 2.42. The van der Waals surface area contributed by atoms with Crippen LogP contribution in [0.4, 0.5) is 0 Å². The Labute approximate surface area is 121 Å². The topological polar surface area (TPSA) is 27.7 Å². The molecule has 0 heterocycles. The third-order valence-corrected chi connectivity index (χ3v) is 5.43. The molecule has 0 aliphatic heterocycles. The van der Waals surface area contributed by atoms with E-state index in [1.54, 1.807) is 0 Å². The summed E-state index contributed by atoms with van der Waals surface area (Å²) in [5, 5.41) is 0. The van der Waals surface area contributed by atoms with Crippen molar-refractivity contribution in [2.24, 2.45) is 0 Å². The summed E-state index contributed by atoms with van der Waals surface area (Å²) in [7, 11) is 4.10. The summed E-state index contributed by atoms with van der Waals surface area (Å²) in [6.45, 7) is 9.59. The minimum atomic E-state index is -2.48. The van der Waals surface area contributed by atoms with Gasteiger partial charge in [-0.2, -0.15) is 0 Å². The lowest BCUT2D eigenvalue weighted by Gasteiger charge is -2.32. The Morgan fingerprint density at radius 1 is 0.737 bits per heavy atom. The van der Waals surface area contributed by atoms with Gasteiger partial charge >= 0.3 is 8.80 Å². The molecular weight excluding hydrogens is 258 g/mol. The Bertz CT molecular complexity index is 197. The molecule has 0 amide bonds. The van der Waals surface area contributed by atoms with Crippen LogP contribution < -0.4 is 0 Å². The fourth-order valence-corrected chi connectivity index (χ4v) is 4.76. The van der Waals surface area contributed by atoms with Crippen LogP contribution >= 0.6 is 0 Å². The number of quaternary nitrogens is 1. The molecule has 0 bridgehead atoms. The largest absolute Gasteiger partial charge is 0.506 e. The average Bonchev–Trinajstić information content (AvgIpc) is 2.36. The number of rotatable bonds is 12. The molecule has 0 fully saturated rings. The molecule has 0 rings (SSSR count). The molecule has 0 spiro atoms. The number of hydrogen-bond acceptors (Lipinski definition) is 3. The molecule has 0 aliphatic rings. The monoisotopic (exact) mass is 292 g/mol. The summed E-state index contributed by atoms with van der Waals surface area (Å²) in [5.74, 6) is 0. The third kappa shape index (κ3) is 9.57. The first kappa shape index (κ1) is 19.1. The molecule has 0 unspecified atom stereocenters. The van der Waals surface area contributed by atoms with E-state index < -0.39 is 8.80 Å². The van der Waals surface area contributed by atoms with Gasteiger partial charge in [-0.25, -0.2) is 0 Å². The first-order valence-corrected chi connectivity index (χ1v) is 9.54. The minimum absolute atomic E-state index is 0.733. The maximum Gasteiger partial charge on any atom is 0.506 e. The van der Waals surface area contributed by atoms with Crippen molar-refractivity contribution in [3.8, 4) is 0 Å². The molecule has 0 aromatic heterocycles. The second kappa shape index (κ2) is 9.88. The Hall–Kier alpha value is 0.0569. The summed E-state index contributed by atoms with van der Waals surface area (Å²) < 4.78 is 19.1. The number of nitrogens with zero attached hydrogens (tertiary/aromatic N) is 1. The first-order valence-electron chi connectivity index (χ1n) is 7.61. The van der Waals surface area contributed by atoms with Gasteiger partial charge in [-0.05, 0) is 19.3 Å². The van der Waals surface area contributed by atoms with Crippen molar-refractivity contribution in [1.29, 1.82) is 0 Å². The maximum atomic E-state index is 6.06. The Kier molecular flexibility index (Phi) is 9.91. The van der Waals surface area contributed by atoms with Gasteiger partial charge in [0, 0.05) is 19.8 Å². The van der Waals surface area contributed by atoms with Gasteiger partial charge in [0.1, 0.15) is 0 Å². The predicted molar refractivity (Wildman–Crippen MR) is 82.2 cm³/mol. The van der Waals surface area contributed by atoms with E-state index >= 15 is 0 Å². The van der Waals surface area contributed by atoms with Gasteiger partial charge in [-0.15, -0.1) is 0 Å². The van der Waals surface area contributed by atoms with Crippen LogP contribution in [0, 0.1) is 0 Å². The maximum absolute atomic E-state index is 6.06. The molecule has 0 saturated carbocycles. The van der Waals surface area contributed by atoms with Crippen LogP contribution in [-0.2, 0) is 13.3 Å². The molecule has 0 aliphatic carbocycles. The van der Waals surface area contributed by atoms with Gasteiger partial charge in [-0.1, -0.05) is 20.8 Å². The van der Waals surface area contributed by atoms with Crippen molar-refractivity contribution in [2.45, 2.75) is 46.1 Å². The van der Waals surface area contributed by atoms with Crippen LogP contribution in [0.25, 0.3) is 0 Å². The van der Waals surface area contributed by atoms with Gasteiger partial charge in [0.05, 0.1) is 33.7 Å². The van der Waals surface area contributed by atoms with E-state index in [1.807, 2.05) is 0 Å². The summed E-state index contributed by atoms with van der Waals surface area (Å²) in [6, 6.07) is 0.899. The van der Waals surface area contributed by atoms with Crippen LogP contribution in [0.15, 0.2) is 0 Å². The molecule has 0 saturated heterocycles. The van der Waals surface area contributed by atoms with E-state index in [4.69, 9.17) is 13.3 Å². The van der Waals surface area contributed by atoms with Crippen LogP contribution in [0.5, 0.6) is 0 Å². The quantitative estimate of drug-likeness (QED) is 0.409. The fourth-order valence-electron chi connectivity index (χ4n) is 1.59. The lowest BCUT2D eigenvalue weighted by Crippen LogP contribution is -2.50. The lowest BCUT2D eigenvalue weighted by atomic mass is 10.5. The highest BCUT2D eigenvalue weighted by atomic mass is 28.4. The normalized spacial score (nSPS) is 12.9. The SMILES string of the molecule is CCCO[Si](CC[N+](C)(C)C)(OCCC)OCCC. The molecule has 0 N–H and O–H groups in total. The van der Waals surface area contributed by atoms with Crippen molar-refractivity contribution in [3.63, 3.8) is 0 Å². The zero-order valence-corrected chi connectivity index (χ0v) is 14.8. The molecule has 0 aromatic rings. The van der Waals surface area contributed by atoms with E-state index in [0.717, 1.165) is 56.2 Å². The Balaban J connectivity index is 4.66. The lowest BCUT2D eigenvalue weighted by molar-refractivity contribution is -0.868. The van der Waals surface area contributed by atoms with E-state index in [-0.39, 0.29) is 0 Å². The van der Waals surface area contributed by atoms with Crippen molar-refractivity contribution >= 4 is 8.80 Å². The summed E-state index contributed by atoms with van der Waals surface area (Å²) in [4.78, 5) is 0. The van der Waals surface area contributed by atoms with Gasteiger partial charge < -0.3 is 17.8 Å². The van der Waals surface area contributed by atoms with Gasteiger partial charge in [-0.3, -0.25) is 0 Å². The highest BCUT2D eigenvalue weighted by molar-refractivity contribution is 6.60. The van der Waals surface area contributed by atoms with Crippen LogP contribution in [-0.4, -0.2) is 60.8 Å². The van der Waals surface area contributed by atoms with E-state index in [2.05, 4.69) is 41.9 Å². The van der Waals surface area contributed by atoms with E-state index in [0.29, 0.717) is 0 Å². The fraction of sp³-hybridized carbons (Fsp3) is 1.00. The van der Waals surface area contributed by atoms with Crippen LogP contribution in [0.2, 0.25) is 6.04 Å². The summed E-state index contributed by atoms with van der Waals surface area (Å²) >= 11 is 0. The molecule has 116 valence electrons. The molecule has 0 radical (unpaired) electrons. The molecule has 4 nitrogen and oxygen atoms in total. The van der Waals surface area contributed by atoms with Crippen LogP contribution in [0.3, 0.4) is 0 Å². The summed E-state index contributed by atoms with van der Waals surface area (Å²) in [6.07, 6.45) is 3.01. The van der Waals surface area contributed by atoms with E-state index in [9.17, 15) is 0 Å². The molecule has 0 atom stereocenters. The first-order chi connectivity index (χ1) is 8.89. The standard InChI is InChI=1S/C14H34NO3Si/c1-7-11-16-19(17-12-8-2,18-13-9-3)14-10-15(4,5)6/h7-14H2,1-6H3/q+1. The zero-order chi connectivity index (χ0) is 14.8. The molecular formula is C14H34NO3Si+. The van der Waals surface area contributed by atoms with Crippen molar-refractivity contribution in [3.05, 3.63) is 0 Å². The van der Waals surface area contributed by atoms with E-state index in [1.165, 1.54) is 0 Å². The van der Waals surface area contributed by atoms with Gasteiger partial charge in [0.15, 0.2) is 0 Å². The minimum Gasteiger partial charge on any atom is -0.373 e. The van der Waals surface area contributed by atoms with Crippen molar-refractivity contribution < 1.29 is 17.8 Å². The predicted octanol–water partition coefficient (Wildman–Crippen LogP) is 2.91. The van der Waals surface area contributed by atoms with Gasteiger partial charge in [0.2, 0.25) is 0 Å². The Morgan fingerprint density at radius 2 is 1.11 bits per heavy atom. The second-order valence-corrected chi connectivity index (χ2v) is 8.72. The van der Waals surface area contributed by atoms with Crippen molar-refractivity contribution in [2.75, 3.05) is 47.5 Å². The smallest absolute Gasteiger partial charge is 0.373 e. The Morgan fingerprint density at radius 3 is 1.37 bits per heavy atom.